The first-order chi connectivity index (χ1) is 8.38. The molecule has 0 heterocycles. The highest BCUT2D eigenvalue weighted by molar-refractivity contribution is 5.57. The van der Waals surface area contributed by atoms with Crippen molar-refractivity contribution in [1.82, 2.24) is 0 Å². The Morgan fingerprint density at radius 3 is 2.00 bits per heavy atom. The van der Waals surface area contributed by atoms with Gasteiger partial charge in [0, 0.05) is 0 Å². The Morgan fingerprint density at radius 2 is 1.56 bits per heavy atom. The molecule has 0 aliphatic rings. The van der Waals surface area contributed by atoms with Gasteiger partial charge in [-0.3, -0.25) is 0 Å². The molecule has 0 unspecified atom stereocenters. The van der Waals surface area contributed by atoms with E-state index in [-0.39, 0.29) is 0 Å². The maximum Gasteiger partial charge on any atom is -0.0213 e. The third-order valence-corrected chi connectivity index (χ3v) is 2.58. The molecule has 1 aromatic carbocycles. The van der Waals surface area contributed by atoms with E-state index in [1.54, 1.807) is 0 Å². The molecule has 0 atom stereocenters. The van der Waals surface area contributed by atoms with Crippen molar-refractivity contribution in [2.45, 2.75) is 60.8 Å². The van der Waals surface area contributed by atoms with Crippen molar-refractivity contribution in [1.29, 1.82) is 0 Å². The fraction of sp³-hybridized carbons (Fsp3) is 0.556. The molecular formula is C18H30. The Bertz CT molecular complexity index is 353. The summed E-state index contributed by atoms with van der Waals surface area (Å²) in [6, 6.07) is 8.66. The van der Waals surface area contributed by atoms with Crippen LogP contribution in [0.15, 0.2) is 29.8 Å². The van der Waals surface area contributed by atoms with E-state index in [2.05, 4.69) is 78.8 Å². The van der Waals surface area contributed by atoms with Crippen LogP contribution in [0, 0.1) is 5.92 Å². The Labute approximate surface area is 114 Å². The predicted octanol–water partition coefficient (Wildman–Crippen LogP) is 6.29. The summed E-state index contributed by atoms with van der Waals surface area (Å²) in [6.45, 7) is 15.4. The first kappa shape index (κ1) is 17.0. The van der Waals surface area contributed by atoms with Crippen LogP contribution in [-0.2, 0) is 0 Å². The fourth-order valence-electron chi connectivity index (χ4n) is 1.54. The van der Waals surface area contributed by atoms with E-state index in [0.29, 0.717) is 5.92 Å². The molecule has 0 aliphatic carbocycles. The van der Waals surface area contributed by atoms with Gasteiger partial charge in [0.15, 0.2) is 0 Å². The van der Waals surface area contributed by atoms with Gasteiger partial charge in [-0.1, -0.05) is 77.5 Å². The van der Waals surface area contributed by atoms with Crippen LogP contribution in [-0.4, -0.2) is 0 Å². The molecule has 0 heteroatoms. The summed E-state index contributed by atoms with van der Waals surface area (Å²) < 4.78 is 0. The molecular weight excluding hydrogens is 216 g/mol. The quantitative estimate of drug-likeness (QED) is 0.588. The van der Waals surface area contributed by atoms with Crippen molar-refractivity contribution in [3.8, 4) is 0 Å². The maximum atomic E-state index is 2.30. The summed E-state index contributed by atoms with van der Waals surface area (Å²) in [7, 11) is 0. The number of hydrogen-bond acceptors (Lipinski definition) is 0. The fourth-order valence-corrected chi connectivity index (χ4v) is 1.54. The molecule has 1 aromatic rings. The first-order valence-electron chi connectivity index (χ1n) is 7.14. The second-order valence-electron chi connectivity index (χ2n) is 5.86. The number of benzene rings is 1. The van der Waals surface area contributed by atoms with Crippen LogP contribution in [0.25, 0.3) is 6.08 Å². The first-order valence-corrected chi connectivity index (χ1v) is 7.14. The van der Waals surface area contributed by atoms with Crippen molar-refractivity contribution < 1.29 is 0 Å². The Hall–Kier alpha value is -1.04. The Balaban J connectivity index is 0.000000631. The van der Waals surface area contributed by atoms with E-state index >= 15 is 0 Å². The van der Waals surface area contributed by atoms with Gasteiger partial charge in [-0.2, -0.15) is 0 Å². The van der Waals surface area contributed by atoms with Crippen LogP contribution in [0.2, 0.25) is 0 Å². The van der Waals surface area contributed by atoms with Crippen molar-refractivity contribution in [3.63, 3.8) is 0 Å². The summed E-state index contributed by atoms with van der Waals surface area (Å²) in [4.78, 5) is 0. The highest BCUT2D eigenvalue weighted by Crippen LogP contribution is 2.21. The zero-order chi connectivity index (χ0) is 14.1. The lowest BCUT2D eigenvalue weighted by Gasteiger charge is -2.10. The van der Waals surface area contributed by atoms with Crippen molar-refractivity contribution >= 4 is 6.08 Å². The summed E-state index contributed by atoms with van der Waals surface area (Å²) in [5.41, 5.74) is 4.26. The van der Waals surface area contributed by atoms with Gasteiger partial charge in [0.2, 0.25) is 0 Å². The van der Waals surface area contributed by atoms with Crippen molar-refractivity contribution in [2.75, 3.05) is 0 Å². The minimum atomic E-state index is 0.604. The SMILES string of the molecule is CC(C)C.CC/C(C)=C\c1ccccc1C(C)C. The highest BCUT2D eigenvalue weighted by Gasteiger charge is 2.02. The molecule has 0 radical (unpaired) electrons. The zero-order valence-electron chi connectivity index (χ0n) is 13.2. The molecule has 0 aromatic heterocycles. The second-order valence-corrected chi connectivity index (χ2v) is 5.86. The largest absolute Gasteiger partial charge is 0.0730 e. The molecule has 0 bridgehead atoms. The third-order valence-electron chi connectivity index (χ3n) is 2.58. The molecule has 0 aliphatic heterocycles. The van der Waals surface area contributed by atoms with Gasteiger partial charge in [0.25, 0.3) is 0 Å². The van der Waals surface area contributed by atoms with Gasteiger partial charge in [-0.15, -0.1) is 0 Å². The minimum absolute atomic E-state index is 0.604. The van der Waals surface area contributed by atoms with Gasteiger partial charge in [-0.25, -0.2) is 0 Å². The van der Waals surface area contributed by atoms with Crippen LogP contribution in [0.4, 0.5) is 0 Å². The maximum absolute atomic E-state index is 2.30. The van der Waals surface area contributed by atoms with Crippen LogP contribution in [0.1, 0.15) is 71.9 Å². The topological polar surface area (TPSA) is 0 Å². The van der Waals surface area contributed by atoms with E-state index < -0.39 is 0 Å². The zero-order valence-corrected chi connectivity index (χ0v) is 13.2. The number of allylic oxidation sites excluding steroid dienone is 1. The molecule has 18 heavy (non-hydrogen) atoms. The van der Waals surface area contributed by atoms with Crippen molar-refractivity contribution in [3.05, 3.63) is 41.0 Å². The third kappa shape index (κ3) is 7.32. The summed E-state index contributed by atoms with van der Waals surface area (Å²) >= 11 is 0. The molecule has 0 saturated heterocycles. The average Bonchev–Trinajstić information content (AvgIpc) is 2.28. The van der Waals surface area contributed by atoms with Gasteiger partial charge in [0.1, 0.15) is 0 Å². The van der Waals surface area contributed by atoms with Gasteiger partial charge >= 0.3 is 0 Å². The van der Waals surface area contributed by atoms with E-state index in [9.17, 15) is 0 Å². The van der Waals surface area contributed by atoms with Crippen molar-refractivity contribution in [2.24, 2.45) is 5.92 Å². The van der Waals surface area contributed by atoms with Gasteiger partial charge in [-0.05, 0) is 36.3 Å². The summed E-state index contributed by atoms with van der Waals surface area (Å²) in [5.74, 6) is 1.44. The molecule has 0 N–H and O–H groups in total. The molecule has 0 spiro atoms. The highest BCUT2D eigenvalue weighted by atomic mass is 14.1. The Kier molecular flexibility index (Phi) is 8.45. The molecule has 0 amide bonds. The van der Waals surface area contributed by atoms with Crippen LogP contribution in [0.3, 0.4) is 0 Å². The number of hydrogen-bond donors (Lipinski definition) is 0. The molecule has 1 rings (SSSR count). The molecule has 0 saturated carbocycles. The van der Waals surface area contributed by atoms with Gasteiger partial charge < -0.3 is 0 Å². The van der Waals surface area contributed by atoms with E-state index in [4.69, 9.17) is 0 Å². The Morgan fingerprint density at radius 1 is 1.06 bits per heavy atom. The number of rotatable bonds is 3. The van der Waals surface area contributed by atoms with E-state index in [1.165, 1.54) is 16.7 Å². The van der Waals surface area contributed by atoms with Crippen LogP contribution >= 0.6 is 0 Å². The lowest BCUT2D eigenvalue weighted by Crippen LogP contribution is -1.91. The van der Waals surface area contributed by atoms with E-state index in [0.717, 1.165) is 12.3 Å². The predicted molar refractivity (Wildman–Crippen MR) is 85.0 cm³/mol. The standard InChI is InChI=1S/C14H20.C4H10/c1-5-12(4)10-13-8-6-7-9-14(13)11(2)3;1-4(2)3/h6-11H,5H2,1-4H3;4H,1-3H3/b12-10-;. The minimum Gasteiger partial charge on any atom is -0.0730 e. The smallest absolute Gasteiger partial charge is 0.0213 e. The van der Waals surface area contributed by atoms with Gasteiger partial charge in [0.05, 0.1) is 0 Å². The molecule has 102 valence electrons. The van der Waals surface area contributed by atoms with E-state index in [1.807, 2.05) is 0 Å². The average molecular weight is 246 g/mol. The summed E-state index contributed by atoms with van der Waals surface area (Å²) in [5, 5.41) is 0. The normalized spacial score (nSPS) is 11.5. The monoisotopic (exact) mass is 246 g/mol. The summed E-state index contributed by atoms with van der Waals surface area (Å²) in [6.07, 6.45) is 3.43. The van der Waals surface area contributed by atoms with Crippen LogP contribution in [0.5, 0.6) is 0 Å². The second kappa shape index (κ2) is 8.97. The molecule has 0 nitrogen and oxygen atoms in total. The molecule has 0 fully saturated rings. The lowest BCUT2D eigenvalue weighted by atomic mass is 9.96. The van der Waals surface area contributed by atoms with Crippen LogP contribution < -0.4 is 0 Å². The lowest BCUT2D eigenvalue weighted by molar-refractivity contribution is 0.737.